The highest BCUT2D eigenvalue weighted by atomic mass is 32.1. The summed E-state index contributed by atoms with van der Waals surface area (Å²) in [5, 5.41) is 3.46. The molecule has 0 spiro atoms. The summed E-state index contributed by atoms with van der Waals surface area (Å²) in [6.07, 6.45) is 2.79. The average molecular weight is 522 g/mol. The number of aromatic nitrogens is 1. The van der Waals surface area contributed by atoms with E-state index in [9.17, 15) is 14.4 Å². The number of ether oxygens (including phenoxy) is 1. The second-order valence-electron chi connectivity index (χ2n) is 9.85. The molecule has 1 aromatic carbocycles. The van der Waals surface area contributed by atoms with Crippen LogP contribution in [0.1, 0.15) is 41.6 Å². The molecular weight excluding hydrogens is 490 g/mol. The number of nitrogens with one attached hydrogen (secondary N) is 1. The summed E-state index contributed by atoms with van der Waals surface area (Å²) in [5.74, 6) is -0.134. The number of amides is 4. The van der Waals surface area contributed by atoms with E-state index in [0.29, 0.717) is 35.9 Å². The molecule has 4 amide bonds. The zero-order valence-electron chi connectivity index (χ0n) is 21.6. The van der Waals surface area contributed by atoms with Gasteiger partial charge in [0.15, 0.2) is 0 Å². The molecule has 3 aromatic rings. The normalized spacial score (nSPS) is 13.6. The summed E-state index contributed by atoms with van der Waals surface area (Å²) in [7, 11) is 1.72. The fourth-order valence-corrected chi connectivity index (χ4v) is 5.07. The van der Waals surface area contributed by atoms with Gasteiger partial charge in [-0.1, -0.05) is 12.1 Å². The SMILES string of the molecule is Cc1cc(N2CCN(Cc3ccc(NC(=O)OC(C)(C)C)cc3)C2=O)sc1C(=O)N(C)c1cccnc1. The van der Waals surface area contributed by atoms with Crippen molar-refractivity contribution in [2.75, 3.05) is 35.3 Å². The van der Waals surface area contributed by atoms with Crippen molar-refractivity contribution in [2.24, 2.45) is 0 Å². The smallest absolute Gasteiger partial charge is 0.412 e. The van der Waals surface area contributed by atoms with Gasteiger partial charge in [0.1, 0.15) is 10.6 Å². The van der Waals surface area contributed by atoms with Gasteiger partial charge >= 0.3 is 12.1 Å². The summed E-state index contributed by atoms with van der Waals surface area (Å²) in [6.45, 7) is 8.88. The molecule has 0 unspecified atom stereocenters. The molecule has 9 nitrogen and oxygen atoms in total. The molecule has 3 heterocycles. The van der Waals surface area contributed by atoms with Gasteiger partial charge < -0.3 is 14.5 Å². The number of urea groups is 1. The fraction of sp³-hybridized carbons (Fsp3) is 0.333. The van der Waals surface area contributed by atoms with Gasteiger partial charge in [0.05, 0.1) is 16.8 Å². The molecule has 1 fully saturated rings. The molecular formula is C27H31N5O4S. The molecule has 4 rings (SSSR count). The number of hydrogen-bond donors (Lipinski definition) is 1. The highest BCUT2D eigenvalue weighted by molar-refractivity contribution is 7.18. The first-order valence-corrected chi connectivity index (χ1v) is 12.8. The zero-order valence-corrected chi connectivity index (χ0v) is 22.5. The first kappa shape index (κ1) is 26.2. The quantitative estimate of drug-likeness (QED) is 0.461. The van der Waals surface area contributed by atoms with Crippen molar-refractivity contribution >= 4 is 45.7 Å². The third kappa shape index (κ3) is 6.26. The standard InChI is InChI=1S/C27H31N5O4S/c1-18-15-22(37-23(18)24(33)30(5)21-7-6-12-28-16-21)32-14-13-31(26(32)35)17-19-8-10-20(11-9-19)29-25(34)36-27(2,3)4/h6-12,15-16H,13-14,17H2,1-5H3,(H,29,34). The maximum atomic E-state index is 13.2. The van der Waals surface area contributed by atoms with Gasteiger partial charge in [-0.15, -0.1) is 11.3 Å². The van der Waals surface area contributed by atoms with Crippen LogP contribution >= 0.6 is 11.3 Å². The molecule has 1 aliphatic rings. The lowest BCUT2D eigenvalue weighted by molar-refractivity contribution is 0.0635. The minimum absolute atomic E-state index is 0.100. The molecule has 0 aliphatic carbocycles. The van der Waals surface area contributed by atoms with Gasteiger partial charge in [0.2, 0.25) is 0 Å². The molecule has 0 saturated carbocycles. The topological polar surface area (TPSA) is 95.1 Å². The number of hydrogen-bond acceptors (Lipinski definition) is 6. The lowest BCUT2D eigenvalue weighted by Crippen LogP contribution is -2.31. The van der Waals surface area contributed by atoms with Crippen molar-refractivity contribution in [3.05, 3.63) is 70.9 Å². The minimum Gasteiger partial charge on any atom is -0.444 e. The third-order valence-corrected chi connectivity index (χ3v) is 7.02. The second kappa shape index (κ2) is 10.6. The van der Waals surface area contributed by atoms with Crippen LogP contribution in [0.4, 0.5) is 26.0 Å². The number of carbonyl (C=O) groups is 3. The summed E-state index contributed by atoms with van der Waals surface area (Å²) in [5.41, 5.74) is 2.53. The molecule has 194 valence electrons. The largest absolute Gasteiger partial charge is 0.444 e. The van der Waals surface area contributed by atoms with Crippen molar-refractivity contribution in [3.8, 4) is 0 Å². The van der Waals surface area contributed by atoms with Gasteiger partial charge in [-0.05, 0) is 69.2 Å². The van der Waals surface area contributed by atoms with E-state index in [1.807, 2.05) is 52.0 Å². The van der Waals surface area contributed by atoms with Crippen LogP contribution in [0, 0.1) is 6.92 Å². The monoisotopic (exact) mass is 521 g/mol. The van der Waals surface area contributed by atoms with E-state index < -0.39 is 11.7 Å². The van der Waals surface area contributed by atoms with Crippen molar-refractivity contribution in [2.45, 2.75) is 39.8 Å². The number of nitrogens with zero attached hydrogens (tertiary/aromatic N) is 4. The molecule has 1 N–H and O–H groups in total. The van der Waals surface area contributed by atoms with E-state index in [1.165, 1.54) is 11.3 Å². The van der Waals surface area contributed by atoms with Crippen LogP contribution in [-0.4, -0.2) is 53.7 Å². The van der Waals surface area contributed by atoms with Crippen LogP contribution in [0.15, 0.2) is 54.9 Å². The first-order valence-electron chi connectivity index (χ1n) is 12.0. The second-order valence-corrected chi connectivity index (χ2v) is 10.9. The Kier molecular flexibility index (Phi) is 7.49. The molecule has 0 bridgehead atoms. The van der Waals surface area contributed by atoms with Crippen molar-refractivity contribution in [1.29, 1.82) is 0 Å². The molecule has 10 heteroatoms. The Morgan fingerprint density at radius 1 is 1.16 bits per heavy atom. The fourth-order valence-electron chi connectivity index (χ4n) is 3.90. The number of carbonyl (C=O) groups excluding carboxylic acids is 3. The minimum atomic E-state index is -0.573. The maximum Gasteiger partial charge on any atom is 0.412 e. The van der Waals surface area contributed by atoms with Crippen LogP contribution in [0.25, 0.3) is 0 Å². The summed E-state index contributed by atoms with van der Waals surface area (Å²) in [6, 6.07) is 12.7. The van der Waals surface area contributed by atoms with Gasteiger partial charge in [-0.3, -0.25) is 20.0 Å². The van der Waals surface area contributed by atoms with Gasteiger partial charge in [-0.2, -0.15) is 0 Å². The predicted molar refractivity (Wildman–Crippen MR) is 145 cm³/mol. The molecule has 2 aromatic heterocycles. The predicted octanol–water partition coefficient (Wildman–Crippen LogP) is 5.52. The van der Waals surface area contributed by atoms with Gasteiger partial charge in [0, 0.05) is 38.6 Å². The highest BCUT2D eigenvalue weighted by Gasteiger charge is 2.32. The number of anilines is 3. The van der Waals surface area contributed by atoms with E-state index in [2.05, 4.69) is 10.3 Å². The van der Waals surface area contributed by atoms with E-state index in [0.717, 1.165) is 16.1 Å². The Hall–Kier alpha value is -3.92. The Labute approximate surface area is 220 Å². The van der Waals surface area contributed by atoms with Gasteiger partial charge in [0.25, 0.3) is 5.91 Å². The third-order valence-electron chi connectivity index (χ3n) is 5.77. The number of rotatable bonds is 6. The summed E-state index contributed by atoms with van der Waals surface area (Å²) in [4.78, 5) is 48.0. The summed E-state index contributed by atoms with van der Waals surface area (Å²) >= 11 is 1.33. The molecule has 0 radical (unpaired) electrons. The molecule has 1 aliphatic heterocycles. The van der Waals surface area contributed by atoms with Crippen molar-refractivity contribution < 1.29 is 19.1 Å². The summed E-state index contributed by atoms with van der Waals surface area (Å²) < 4.78 is 5.27. The lowest BCUT2D eigenvalue weighted by Gasteiger charge is -2.20. The van der Waals surface area contributed by atoms with Crippen LogP contribution < -0.4 is 15.1 Å². The molecule has 0 atom stereocenters. The van der Waals surface area contributed by atoms with Crippen LogP contribution in [0.5, 0.6) is 0 Å². The number of pyridine rings is 1. The zero-order chi connectivity index (χ0) is 26.7. The van der Waals surface area contributed by atoms with E-state index in [1.54, 1.807) is 52.3 Å². The maximum absolute atomic E-state index is 13.2. The van der Waals surface area contributed by atoms with E-state index in [-0.39, 0.29) is 11.9 Å². The Balaban J connectivity index is 1.38. The lowest BCUT2D eigenvalue weighted by atomic mass is 10.2. The van der Waals surface area contributed by atoms with Crippen molar-refractivity contribution in [1.82, 2.24) is 9.88 Å². The van der Waals surface area contributed by atoms with Gasteiger partial charge in [-0.25, -0.2) is 9.59 Å². The number of thiophene rings is 1. The Bertz CT molecular complexity index is 1280. The number of benzene rings is 1. The van der Waals surface area contributed by atoms with Crippen LogP contribution in [-0.2, 0) is 11.3 Å². The number of aryl methyl sites for hydroxylation is 1. The Morgan fingerprint density at radius 3 is 2.54 bits per heavy atom. The Morgan fingerprint density at radius 2 is 1.89 bits per heavy atom. The first-order chi connectivity index (χ1) is 17.5. The van der Waals surface area contributed by atoms with Crippen molar-refractivity contribution in [3.63, 3.8) is 0 Å². The van der Waals surface area contributed by atoms with Crippen LogP contribution in [0.2, 0.25) is 0 Å². The van der Waals surface area contributed by atoms with E-state index >= 15 is 0 Å². The highest BCUT2D eigenvalue weighted by Crippen LogP contribution is 2.34. The average Bonchev–Trinajstić information content (AvgIpc) is 3.40. The molecule has 1 saturated heterocycles. The molecule has 37 heavy (non-hydrogen) atoms. The van der Waals surface area contributed by atoms with Crippen LogP contribution in [0.3, 0.4) is 0 Å². The van der Waals surface area contributed by atoms with E-state index in [4.69, 9.17) is 4.74 Å².